The maximum Gasteiger partial charge on any atom is 0.139 e. The largest absolute Gasteiger partial charge is 0.206 e. The molecule has 0 aliphatic carbocycles. The summed E-state index contributed by atoms with van der Waals surface area (Å²) < 4.78 is 29.7. The average molecular weight is 501 g/mol. The SMILES string of the molecule is CCCCc1ccc(C#Cc2c(C)cc(-c3ccc4cc(-c5ccc(C)cc5F)ccc4c3)cc2F)cc1. The Morgan fingerprint density at radius 1 is 0.632 bits per heavy atom. The van der Waals surface area contributed by atoms with E-state index < -0.39 is 0 Å². The van der Waals surface area contributed by atoms with Crippen LogP contribution in [0.2, 0.25) is 0 Å². The van der Waals surface area contributed by atoms with E-state index in [-0.39, 0.29) is 11.6 Å². The van der Waals surface area contributed by atoms with Gasteiger partial charge < -0.3 is 0 Å². The lowest BCUT2D eigenvalue weighted by molar-refractivity contribution is 0.623. The van der Waals surface area contributed by atoms with Crippen molar-refractivity contribution in [3.63, 3.8) is 0 Å². The molecule has 0 N–H and O–H groups in total. The lowest BCUT2D eigenvalue weighted by atomic mass is 9.95. The second kappa shape index (κ2) is 11.0. The highest BCUT2D eigenvalue weighted by atomic mass is 19.1. The van der Waals surface area contributed by atoms with E-state index in [9.17, 15) is 4.39 Å². The molecule has 0 nitrogen and oxygen atoms in total. The summed E-state index contributed by atoms with van der Waals surface area (Å²) >= 11 is 0. The van der Waals surface area contributed by atoms with Gasteiger partial charge in [-0.15, -0.1) is 0 Å². The van der Waals surface area contributed by atoms with Crippen LogP contribution in [0.3, 0.4) is 0 Å². The number of hydrogen-bond acceptors (Lipinski definition) is 0. The number of aryl methyl sites for hydroxylation is 3. The van der Waals surface area contributed by atoms with E-state index in [1.165, 1.54) is 18.4 Å². The van der Waals surface area contributed by atoms with Gasteiger partial charge in [0.05, 0.1) is 5.56 Å². The Morgan fingerprint density at radius 3 is 2.03 bits per heavy atom. The lowest BCUT2D eigenvalue weighted by Crippen LogP contribution is -1.92. The van der Waals surface area contributed by atoms with E-state index in [0.717, 1.165) is 50.6 Å². The van der Waals surface area contributed by atoms with Crippen molar-refractivity contribution >= 4 is 10.8 Å². The summed E-state index contributed by atoms with van der Waals surface area (Å²) in [6, 6.07) is 29.0. The van der Waals surface area contributed by atoms with Crippen LogP contribution in [0.5, 0.6) is 0 Å². The minimum Gasteiger partial charge on any atom is -0.206 e. The van der Waals surface area contributed by atoms with Crippen LogP contribution in [0.25, 0.3) is 33.0 Å². The molecule has 0 aliphatic heterocycles. The minimum absolute atomic E-state index is 0.223. The number of unbranched alkanes of at least 4 members (excludes halogenated alkanes) is 1. The first-order valence-corrected chi connectivity index (χ1v) is 13.1. The first kappa shape index (κ1) is 25.4. The van der Waals surface area contributed by atoms with Crippen molar-refractivity contribution < 1.29 is 8.78 Å². The van der Waals surface area contributed by atoms with E-state index in [0.29, 0.717) is 11.1 Å². The highest BCUT2D eigenvalue weighted by Gasteiger charge is 2.10. The maximum absolute atomic E-state index is 15.2. The zero-order valence-electron chi connectivity index (χ0n) is 22.0. The van der Waals surface area contributed by atoms with E-state index >= 15 is 4.39 Å². The molecule has 0 amide bonds. The van der Waals surface area contributed by atoms with Crippen LogP contribution in [0.1, 0.15) is 47.6 Å². The monoisotopic (exact) mass is 500 g/mol. The van der Waals surface area contributed by atoms with Crippen molar-refractivity contribution in [2.24, 2.45) is 0 Å². The maximum atomic E-state index is 15.2. The van der Waals surface area contributed by atoms with Gasteiger partial charge in [0.15, 0.2) is 0 Å². The summed E-state index contributed by atoms with van der Waals surface area (Å²) in [6.07, 6.45) is 3.42. The summed E-state index contributed by atoms with van der Waals surface area (Å²) in [4.78, 5) is 0. The summed E-state index contributed by atoms with van der Waals surface area (Å²) in [5, 5.41) is 2.02. The topological polar surface area (TPSA) is 0 Å². The molecule has 0 bridgehead atoms. The van der Waals surface area contributed by atoms with Crippen LogP contribution in [-0.2, 0) is 6.42 Å². The van der Waals surface area contributed by atoms with Crippen LogP contribution < -0.4 is 0 Å². The molecule has 188 valence electrons. The van der Waals surface area contributed by atoms with Gasteiger partial charge in [0.25, 0.3) is 0 Å². The number of fused-ring (bicyclic) bond motifs is 1. The smallest absolute Gasteiger partial charge is 0.139 e. The molecule has 0 fully saturated rings. The van der Waals surface area contributed by atoms with Gasteiger partial charge in [-0.3, -0.25) is 0 Å². The second-order valence-electron chi connectivity index (χ2n) is 9.96. The molecule has 5 aromatic carbocycles. The van der Waals surface area contributed by atoms with Crippen molar-refractivity contribution in [1.82, 2.24) is 0 Å². The van der Waals surface area contributed by atoms with E-state index in [1.54, 1.807) is 12.1 Å². The highest BCUT2D eigenvalue weighted by molar-refractivity contribution is 5.91. The third kappa shape index (κ3) is 5.53. The first-order valence-electron chi connectivity index (χ1n) is 13.1. The summed E-state index contributed by atoms with van der Waals surface area (Å²) in [5.74, 6) is 5.62. The van der Waals surface area contributed by atoms with Crippen molar-refractivity contribution in [2.45, 2.75) is 40.0 Å². The highest BCUT2D eigenvalue weighted by Crippen LogP contribution is 2.31. The fraction of sp³-hybridized carbons (Fsp3) is 0.167. The van der Waals surface area contributed by atoms with Gasteiger partial charge >= 0.3 is 0 Å². The lowest BCUT2D eigenvalue weighted by Gasteiger charge is -2.10. The molecule has 0 unspecified atom stereocenters. The number of benzene rings is 5. The first-order chi connectivity index (χ1) is 18.4. The van der Waals surface area contributed by atoms with Gasteiger partial charge in [-0.05, 0) is 113 Å². The molecular formula is C36H30F2. The predicted octanol–water partition coefficient (Wildman–Crippen LogP) is 9.81. The van der Waals surface area contributed by atoms with E-state index in [1.807, 2.05) is 80.6 Å². The Morgan fingerprint density at radius 2 is 1.34 bits per heavy atom. The molecule has 2 heteroatoms. The van der Waals surface area contributed by atoms with Crippen LogP contribution in [0.4, 0.5) is 8.78 Å². The summed E-state index contributed by atoms with van der Waals surface area (Å²) in [6.45, 7) is 5.96. The molecule has 0 saturated carbocycles. The third-order valence-corrected chi connectivity index (χ3v) is 7.00. The molecule has 5 aromatic rings. The quantitative estimate of drug-likeness (QED) is 0.211. The van der Waals surface area contributed by atoms with Gasteiger partial charge in [-0.1, -0.05) is 73.7 Å². The Hall–Kier alpha value is -4.22. The summed E-state index contributed by atoms with van der Waals surface area (Å²) in [5.41, 5.74) is 7.47. The Balaban J connectivity index is 1.41. The third-order valence-electron chi connectivity index (χ3n) is 7.00. The van der Waals surface area contributed by atoms with E-state index in [4.69, 9.17) is 0 Å². The second-order valence-corrected chi connectivity index (χ2v) is 9.96. The molecule has 0 aromatic heterocycles. The van der Waals surface area contributed by atoms with Crippen molar-refractivity contribution in [3.05, 3.63) is 130 Å². The summed E-state index contributed by atoms with van der Waals surface area (Å²) in [7, 11) is 0. The minimum atomic E-state index is -0.322. The molecule has 0 atom stereocenters. The zero-order chi connectivity index (χ0) is 26.6. The fourth-order valence-electron chi connectivity index (χ4n) is 4.79. The zero-order valence-corrected chi connectivity index (χ0v) is 22.0. The Kier molecular flexibility index (Phi) is 7.38. The van der Waals surface area contributed by atoms with Crippen LogP contribution in [-0.4, -0.2) is 0 Å². The van der Waals surface area contributed by atoms with Gasteiger partial charge in [0, 0.05) is 11.1 Å². The number of rotatable bonds is 5. The Labute approximate surface area is 224 Å². The molecule has 0 saturated heterocycles. The van der Waals surface area contributed by atoms with Gasteiger partial charge in [-0.2, -0.15) is 0 Å². The molecule has 0 aliphatic rings. The van der Waals surface area contributed by atoms with Crippen LogP contribution >= 0.6 is 0 Å². The van der Waals surface area contributed by atoms with Gasteiger partial charge in [-0.25, -0.2) is 8.78 Å². The molecule has 5 rings (SSSR count). The van der Waals surface area contributed by atoms with E-state index in [2.05, 4.69) is 30.9 Å². The van der Waals surface area contributed by atoms with Crippen molar-refractivity contribution in [3.8, 4) is 34.1 Å². The molecule has 0 radical (unpaired) electrons. The predicted molar refractivity (Wildman–Crippen MR) is 155 cm³/mol. The number of hydrogen-bond donors (Lipinski definition) is 0. The van der Waals surface area contributed by atoms with Gasteiger partial charge in [0.2, 0.25) is 0 Å². The normalized spacial score (nSPS) is 10.9. The number of halogens is 2. The standard InChI is InChI=1S/C36H30F2/c1-4-5-6-26-8-10-27(11-9-26)12-18-33-25(3)20-32(23-36(33)38)30-14-13-29-22-31(16-15-28(29)21-30)34-17-7-24(2)19-35(34)37/h7-11,13-17,19-23H,4-6H2,1-3H3. The molecule has 0 heterocycles. The van der Waals surface area contributed by atoms with Gasteiger partial charge in [0.1, 0.15) is 11.6 Å². The average Bonchev–Trinajstić information content (AvgIpc) is 2.91. The van der Waals surface area contributed by atoms with Crippen LogP contribution in [0, 0.1) is 37.3 Å². The van der Waals surface area contributed by atoms with Crippen LogP contribution in [0.15, 0.2) is 91.0 Å². The van der Waals surface area contributed by atoms with Crippen molar-refractivity contribution in [1.29, 1.82) is 0 Å². The Bertz CT molecular complexity index is 1660. The molecule has 38 heavy (non-hydrogen) atoms. The van der Waals surface area contributed by atoms with Crippen molar-refractivity contribution in [2.75, 3.05) is 0 Å². The molecule has 0 spiro atoms. The molecular weight excluding hydrogens is 470 g/mol. The fourth-order valence-corrected chi connectivity index (χ4v) is 4.79.